The van der Waals surface area contributed by atoms with E-state index < -0.39 is 0 Å². The highest BCUT2D eigenvalue weighted by Crippen LogP contribution is 2.18. The van der Waals surface area contributed by atoms with Crippen LogP contribution >= 0.6 is 27.5 Å². The lowest BCUT2D eigenvalue weighted by Crippen LogP contribution is -1.69. The minimum atomic E-state index is 0.646. The zero-order chi connectivity index (χ0) is 5.98. The first-order chi connectivity index (χ1) is 3.80. The molecule has 0 radical (unpaired) electrons. The molecule has 0 atom stereocenters. The summed E-state index contributed by atoms with van der Waals surface area (Å²) in [6.45, 7) is 0. The molecule has 0 bridgehead atoms. The molecule has 0 aliphatic heterocycles. The van der Waals surface area contributed by atoms with Gasteiger partial charge < -0.3 is 0 Å². The Balaban J connectivity index is 3.13. The van der Waals surface area contributed by atoms with Crippen molar-refractivity contribution in [1.82, 2.24) is 4.98 Å². The van der Waals surface area contributed by atoms with E-state index in [2.05, 4.69) is 20.9 Å². The number of hydrogen-bond donors (Lipinski definition) is 0. The third-order valence-corrected chi connectivity index (χ3v) is 1.94. The van der Waals surface area contributed by atoms with Crippen molar-refractivity contribution in [2.24, 2.45) is 0 Å². The van der Waals surface area contributed by atoms with Crippen LogP contribution in [-0.4, -0.2) is 4.98 Å². The molecule has 1 heterocycles. The zero-order valence-electron chi connectivity index (χ0n) is 3.94. The fraction of sp³-hybridized carbons (Fsp3) is 0. The van der Waals surface area contributed by atoms with Crippen molar-refractivity contribution in [2.75, 3.05) is 0 Å². The molecule has 42 valence electrons. The molecule has 0 saturated heterocycles. The second kappa shape index (κ2) is 2.46. The van der Waals surface area contributed by atoms with Gasteiger partial charge in [-0.3, -0.25) is 4.98 Å². The van der Waals surface area contributed by atoms with Gasteiger partial charge in [-0.15, -0.1) is 0 Å². The lowest BCUT2D eigenvalue weighted by atomic mass is 10.5. The minimum Gasteiger partial charge on any atom is -0.263 e. The molecule has 0 fully saturated rings. The smallest absolute Gasteiger partial charge is 0.0731 e. The van der Waals surface area contributed by atoms with Crippen LogP contribution in [0.25, 0.3) is 0 Å². The van der Waals surface area contributed by atoms with Crippen molar-refractivity contribution >= 4 is 27.5 Å². The van der Waals surface area contributed by atoms with E-state index in [-0.39, 0.29) is 0 Å². The van der Waals surface area contributed by atoms with E-state index in [9.17, 15) is 0 Å². The molecule has 0 amide bonds. The van der Waals surface area contributed by atoms with Crippen LogP contribution in [0.2, 0.25) is 5.02 Å². The average Bonchev–Trinajstić information content (AvgIpc) is 1.77. The van der Waals surface area contributed by atoms with Crippen molar-refractivity contribution in [3.8, 4) is 0 Å². The maximum Gasteiger partial charge on any atom is 0.0731 e. The highest BCUT2D eigenvalue weighted by atomic mass is 79.9. The Bertz CT molecular complexity index is 169. The van der Waals surface area contributed by atoms with Crippen LogP contribution in [0.15, 0.2) is 22.9 Å². The fourth-order valence-corrected chi connectivity index (χ4v) is 0.698. The molecule has 1 nitrogen and oxygen atoms in total. The lowest BCUT2D eigenvalue weighted by Gasteiger charge is -1.88. The van der Waals surface area contributed by atoms with Gasteiger partial charge in [-0.25, -0.2) is 0 Å². The molecule has 0 saturated carbocycles. The highest BCUT2D eigenvalue weighted by molar-refractivity contribution is 9.10. The van der Waals surface area contributed by atoms with Crippen molar-refractivity contribution in [2.45, 2.75) is 0 Å². The summed E-state index contributed by atoms with van der Waals surface area (Å²) in [4.78, 5) is 3.78. The molecule has 1 rings (SSSR count). The topological polar surface area (TPSA) is 12.9 Å². The molecule has 1 aromatic rings. The van der Waals surface area contributed by atoms with Crippen molar-refractivity contribution < 1.29 is 0 Å². The van der Waals surface area contributed by atoms with E-state index >= 15 is 0 Å². The molecule has 0 aliphatic rings. The van der Waals surface area contributed by atoms with E-state index in [0.717, 1.165) is 4.47 Å². The Kier molecular flexibility index (Phi) is 1.86. The summed E-state index contributed by atoms with van der Waals surface area (Å²) in [5, 5.41) is 0.646. The van der Waals surface area contributed by atoms with Crippen molar-refractivity contribution in [3.63, 3.8) is 0 Å². The highest BCUT2D eigenvalue weighted by Gasteiger charge is 1.89. The molecule has 1 aromatic heterocycles. The number of hydrogen-bond acceptors (Lipinski definition) is 1. The second-order valence-electron chi connectivity index (χ2n) is 1.29. The molecule has 3 heteroatoms. The number of nitrogens with zero attached hydrogens (tertiary/aromatic N) is 1. The van der Waals surface area contributed by atoms with Crippen LogP contribution in [0.1, 0.15) is 0 Å². The zero-order valence-corrected chi connectivity index (χ0v) is 6.28. The van der Waals surface area contributed by atoms with Crippen molar-refractivity contribution in [1.29, 1.82) is 0 Å². The Labute approximate surface area is 60.8 Å². The van der Waals surface area contributed by atoms with Crippen molar-refractivity contribution in [3.05, 3.63) is 28.0 Å². The summed E-state index contributed by atoms with van der Waals surface area (Å²) in [7, 11) is 0. The molecule has 0 aromatic carbocycles. The van der Waals surface area contributed by atoms with Gasteiger partial charge in [0.1, 0.15) is 0 Å². The third kappa shape index (κ3) is 1.20. The van der Waals surface area contributed by atoms with Gasteiger partial charge in [0.2, 0.25) is 0 Å². The standard InChI is InChI=1S/C5H3BrClN/c6-4-1-2-8-3-5(4)7/h1-3H. The molecular weight excluding hydrogens is 189 g/mol. The summed E-state index contributed by atoms with van der Waals surface area (Å²) in [6, 6.07) is 1.79. The van der Waals surface area contributed by atoms with Crippen LogP contribution in [-0.2, 0) is 0 Å². The summed E-state index contributed by atoms with van der Waals surface area (Å²) >= 11 is 8.82. The Morgan fingerprint density at radius 1 is 1.62 bits per heavy atom. The van der Waals surface area contributed by atoms with Gasteiger partial charge in [0.05, 0.1) is 5.02 Å². The minimum absolute atomic E-state index is 0.646. The molecule has 0 unspecified atom stereocenters. The summed E-state index contributed by atoms with van der Waals surface area (Å²) in [6.07, 6.45) is 3.27. The van der Waals surface area contributed by atoms with Gasteiger partial charge in [0.25, 0.3) is 0 Å². The number of pyridine rings is 1. The molecule has 0 N–H and O–H groups in total. The maximum absolute atomic E-state index is 5.60. The normalized spacial score (nSPS) is 9.25. The monoisotopic (exact) mass is 191 g/mol. The summed E-state index contributed by atoms with van der Waals surface area (Å²) in [5.41, 5.74) is 0. The van der Waals surface area contributed by atoms with Crippen LogP contribution in [0.5, 0.6) is 0 Å². The SMILES string of the molecule is Clc1cnccc1Br. The Morgan fingerprint density at radius 2 is 2.38 bits per heavy atom. The van der Waals surface area contributed by atoms with E-state index in [0.29, 0.717) is 5.02 Å². The number of halogens is 2. The fourth-order valence-electron chi connectivity index (χ4n) is 0.358. The van der Waals surface area contributed by atoms with Gasteiger partial charge in [-0.1, -0.05) is 11.6 Å². The second-order valence-corrected chi connectivity index (χ2v) is 2.55. The largest absolute Gasteiger partial charge is 0.263 e. The predicted octanol–water partition coefficient (Wildman–Crippen LogP) is 2.50. The third-order valence-electron chi connectivity index (χ3n) is 0.723. The first kappa shape index (κ1) is 6.05. The van der Waals surface area contributed by atoms with Crippen LogP contribution in [0, 0.1) is 0 Å². The predicted molar refractivity (Wildman–Crippen MR) is 36.9 cm³/mol. The average molecular weight is 192 g/mol. The number of rotatable bonds is 0. The van der Waals surface area contributed by atoms with Crippen LogP contribution in [0.4, 0.5) is 0 Å². The van der Waals surface area contributed by atoms with Gasteiger partial charge >= 0.3 is 0 Å². The molecule has 8 heavy (non-hydrogen) atoms. The molecule has 0 spiro atoms. The van der Waals surface area contributed by atoms with E-state index in [4.69, 9.17) is 11.6 Å². The van der Waals surface area contributed by atoms with Gasteiger partial charge in [0.15, 0.2) is 0 Å². The van der Waals surface area contributed by atoms with Crippen LogP contribution in [0.3, 0.4) is 0 Å². The summed E-state index contributed by atoms with van der Waals surface area (Å²) < 4.78 is 0.883. The first-order valence-corrected chi connectivity index (χ1v) is 3.23. The van der Waals surface area contributed by atoms with Gasteiger partial charge in [-0.2, -0.15) is 0 Å². The van der Waals surface area contributed by atoms with Gasteiger partial charge in [-0.05, 0) is 22.0 Å². The Hall–Kier alpha value is -0.0800. The number of aromatic nitrogens is 1. The first-order valence-electron chi connectivity index (χ1n) is 2.06. The van der Waals surface area contributed by atoms with Crippen LogP contribution < -0.4 is 0 Å². The maximum atomic E-state index is 5.60. The molecule has 0 aliphatic carbocycles. The van der Waals surface area contributed by atoms with E-state index in [1.165, 1.54) is 0 Å². The Morgan fingerprint density at radius 3 is 2.75 bits per heavy atom. The summed E-state index contributed by atoms with van der Waals surface area (Å²) in [5.74, 6) is 0. The van der Waals surface area contributed by atoms with E-state index in [1.807, 2.05) is 0 Å². The quantitative estimate of drug-likeness (QED) is 0.615. The lowest BCUT2D eigenvalue weighted by molar-refractivity contribution is 1.32. The van der Waals surface area contributed by atoms with Gasteiger partial charge in [0, 0.05) is 16.9 Å². The molecular formula is C5H3BrClN. The van der Waals surface area contributed by atoms with E-state index in [1.54, 1.807) is 18.5 Å².